The van der Waals surface area contributed by atoms with E-state index < -0.39 is 5.82 Å². The van der Waals surface area contributed by atoms with Gasteiger partial charge in [0.05, 0.1) is 5.69 Å². The number of anilines is 1. The highest BCUT2D eigenvalue weighted by Gasteiger charge is 2.21. The third kappa shape index (κ3) is 6.25. The molecule has 0 spiro atoms. The molecule has 2 rings (SSSR count). The number of nitrogens with one attached hydrogen (secondary N) is 1. The summed E-state index contributed by atoms with van der Waals surface area (Å²) in [4.78, 5) is 10.6. The minimum Gasteiger partial charge on any atom is -0.366 e. The lowest BCUT2D eigenvalue weighted by molar-refractivity contribution is 0.343. The molecular weight excluding hydrogens is 439 g/mol. The molecule has 0 atom stereocenters. The van der Waals surface area contributed by atoms with Gasteiger partial charge in [-0.2, -0.15) is 0 Å². The number of hydrogen-bond donors (Lipinski definition) is 1. The van der Waals surface area contributed by atoms with Crippen molar-refractivity contribution < 1.29 is 8.78 Å². The topological polar surface area (TPSA) is 34.1 Å². The Morgan fingerprint density at radius 3 is 2.52 bits per heavy atom. The third-order valence-electron chi connectivity index (χ3n) is 4.36. The van der Waals surface area contributed by atoms with E-state index in [1.54, 1.807) is 7.05 Å². The molecule has 142 valence electrons. The monoisotopic (exact) mass is 467 g/mol. The van der Waals surface area contributed by atoms with Gasteiger partial charge in [-0.3, -0.25) is 4.99 Å². The molecule has 1 aromatic carbocycles. The minimum atomic E-state index is -0.411. The van der Waals surface area contributed by atoms with Crippen LogP contribution in [0, 0.1) is 11.6 Å². The second kappa shape index (κ2) is 10.7. The highest BCUT2D eigenvalue weighted by atomic mass is 127. The van der Waals surface area contributed by atoms with Crippen LogP contribution in [0.3, 0.4) is 0 Å². The number of guanidine groups is 1. The van der Waals surface area contributed by atoms with Crippen LogP contribution in [0.5, 0.6) is 0 Å². The summed E-state index contributed by atoms with van der Waals surface area (Å²) in [5, 5.41) is 3.36. The molecule has 0 radical (unpaired) electrons. The van der Waals surface area contributed by atoms with Crippen LogP contribution in [0.15, 0.2) is 23.2 Å². The largest absolute Gasteiger partial charge is 0.366 e. The number of hydrogen-bond acceptors (Lipinski definition) is 3. The van der Waals surface area contributed by atoms with Crippen molar-refractivity contribution in [2.24, 2.45) is 4.99 Å². The summed E-state index contributed by atoms with van der Waals surface area (Å²) in [6.07, 6.45) is 0. The van der Waals surface area contributed by atoms with E-state index in [1.165, 1.54) is 12.1 Å². The zero-order valence-electron chi connectivity index (χ0n) is 15.1. The average molecular weight is 467 g/mol. The summed E-state index contributed by atoms with van der Waals surface area (Å²) < 4.78 is 27.2. The molecule has 0 saturated carbocycles. The van der Waals surface area contributed by atoms with Gasteiger partial charge in [0.25, 0.3) is 0 Å². The summed E-state index contributed by atoms with van der Waals surface area (Å²) in [7, 11) is 3.85. The van der Waals surface area contributed by atoms with Crippen LogP contribution in [0.4, 0.5) is 14.5 Å². The van der Waals surface area contributed by atoms with Gasteiger partial charge in [0.15, 0.2) is 5.96 Å². The number of benzene rings is 1. The molecule has 1 fully saturated rings. The Morgan fingerprint density at radius 1 is 1.24 bits per heavy atom. The number of aliphatic imine (C=N–C) groups is 1. The first kappa shape index (κ1) is 21.9. The summed E-state index contributed by atoms with van der Waals surface area (Å²) in [5.74, 6) is 0.0696. The molecule has 0 aliphatic carbocycles. The number of rotatable bonds is 5. The van der Waals surface area contributed by atoms with Gasteiger partial charge in [-0.05, 0) is 25.7 Å². The zero-order valence-corrected chi connectivity index (χ0v) is 17.5. The minimum absolute atomic E-state index is 0. The maximum absolute atomic E-state index is 13.9. The van der Waals surface area contributed by atoms with Crippen molar-refractivity contribution in [1.82, 2.24) is 15.1 Å². The molecule has 1 saturated heterocycles. The zero-order chi connectivity index (χ0) is 17.5. The van der Waals surface area contributed by atoms with Crippen molar-refractivity contribution in [2.75, 3.05) is 64.8 Å². The lowest BCUT2D eigenvalue weighted by Crippen LogP contribution is -2.53. The third-order valence-corrected chi connectivity index (χ3v) is 4.36. The fourth-order valence-corrected chi connectivity index (χ4v) is 2.74. The Hall–Kier alpha value is -1.16. The molecular formula is C17H28F2IN5. The van der Waals surface area contributed by atoms with Crippen LogP contribution < -0.4 is 10.2 Å². The molecule has 0 amide bonds. The number of piperazine rings is 1. The molecule has 1 N–H and O–H groups in total. The van der Waals surface area contributed by atoms with Gasteiger partial charge in [-0.1, -0.05) is 6.92 Å². The SMILES string of the molecule is CCN(C)CCNC(=NC)N1CCN(c2cc(F)ccc2F)CC1.I. The van der Waals surface area contributed by atoms with E-state index >= 15 is 0 Å². The molecule has 8 heteroatoms. The first-order valence-corrected chi connectivity index (χ1v) is 8.39. The smallest absolute Gasteiger partial charge is 0.193 e. The van der Waals surface area contributed by atoms with Crippen molar-refractivity contribution >= 4 is 35.6 Å². The van der Waals surface area contributed by atoms with E-state index in [9.17, 15) is 8.78 Å². The number of halogens is 3. The highest BCUT2D eigenvalue weighted by molar-refractivity contribution is 14.0. The van der Waals surface area contributed by atoms with Gasteiger partial charge in [0.1, 0.15) is 11.6 Å². The maximum atomic E-state index is 13.9. The molecule has 0 bridgehead atoms. The van der Waals surface area contributed by atoms with Crippen molar-refractivity contribution in [1.29, 1.82) is 0 Å². The van der Waals surface area contributed by atoms with E-state index in [0.717, 1.165) is 44.7 Å². The first-order valence-electron chi connectivity index (χ1n) is 8.39. The Balaban J connectivity index is 0.00000312. The van der Waals surface area contributed by atoms with E-state index in [4.69, 9.17) is 0 Å². The summed E-state index contributed by atoms with van der Waals surface area (Å²) >= 11 is 0. The van der Waals surface area contributed by atoms with E-state index in [2.05, 4.69) is 34.1 Å². The van der Waals surface area contributed by atoms with Gasteiger partial charge >= 0.3 is 0 Å². The fourth-order valence-electron chi connectivity index (χ4n) is 2.74. The van der Waals surface area contributed by atoms with Crippen LogP contribution in [0.25, 0.3) is 0 Å². The van der Waals surface area contributed by atoms with E-state index in [1.807, 2.05) is 4.90 Å². The quantitative estimate of drug-likeness (QED) is 0.410. The normalized spacial score (nSPS) is 15.4. The molecule has 1 aliphatic rings. The van der Waals surface area contributed by atoms with Crippen molar-refractivity contribution in [3.05, 3.63) is 29.8 Å². The summed E-state index contributed by atoms with van der Waals surface area (Å²) in [6.45, 7) is 7.63. The van der Waals surface area contributed by atoms with Gasteiger partial charge in [0.2, 0.25) is 0 Å². The van der Waals surface area contributed by atoms with Crippen molar-refractivity contribution in [2.45, 2.75) is 6.92 Å². The fraction of sp³-hybridized carbons (Fsp3) is 0.588. The van der Waals surface area contributed by atoms with Gasteiger partial charge in [-0.25, -0.2) is 8.78 Å². The Kier molecular flexibility index (Phi) is 9.41. The lowest BCUT2D eigenvalue weighted by Gasteiger charge is -2.37. The van der Waals surface area contributed by atoms with E-state index in [-0.39, 0.29) is 29.8 Å². The lowest BCUT2D eigenvalue weighted by atomic mass is 10.2. The molecule has 5 nitrogen and oxygen atoms in total. The van der Waals surface area contributed by atoms with Crippen LogP contribution >= 0.6 is 24.0 Å². The van der Waals surface area contributed by atoms with Gasteiger partial charge < -0.3 is 20.0 Å². The second-order valence-corrected chi connectivity index (χ2v) is 5.94. The molecule has 0 aromatic heterocycles. The van der Waals surface area contributed by atoms with Gasteiger partial charge in [-0.15, -0.1) is 24.0 Å². The Morgan fingerprint density at radius 2 is 1.92 bits per heavy atom. The number of likely N-dealkylation sites (N-methyl/N-ethyl adjacent to an activating group) is 1. The van der Waals surface area contributed by atoms with Crippen molar-refractivity contribution in [3.63, 3.8) is 0 Å². The predicted octanol–water partition coefficient (Wildman–Crippen LogP) is 2.23. The van der Waals surface area contributed by atoms with Crippen molar-refractivity contribution in [3.8, 4) is 0 Å². The van der Waals surface area contributed by atoms with Gasteiger partial charge in [0, 0.05) is 52.4 Å². The molecule has 0 unspecified atom stereocenters. The standard InChI is InChI=1S/C17H27F2N5.HI/c1-4-22(3)8-7-21-17(20-2)24-11-9-23(10-12-24)16-13-14(18)5-6-15(16)19;/h5-6,13H,4,7-12H2,1-3H3,(H,20,21);1H. The predicted molar refractivity (Wildman–Crippen MR) is 110 cm³/mol. The average Bonchev–Trinajstić information content (AvgIpc) is 2.61. The molecule has 1 aliphatic heterocycles. The highest BCUT2D eigenvalue weighted by Crippen LogP contribution is 2.21. The van der Waals surface area contributed by atoms with E-state index in [0.29, 0.717) is 18.8 Å². The van der Waals surface area contributed by atoms with Crippen LogP contribution in [0.2, 0.25) is 0 Å². The molecule has 1 aromatic rings. The maximum Gasteiger partial charge on any atom is 0.193 e. The summed E-state index contributed by atoms with van der Waals surface area (Å²) in [6, 6.07) is 3.59. The van der Waals surface area contributed by atoms with Crippen LogP contribution in [-0.4, -0.2) is 75.7 Å². The number of nitrogens with zero attached hydrogens (tertiary/aromatic N) is 4. The first-order chi connectivity index (χ1) is 11.5. The van der Waals surface area contributed by atoms with Crippen LogP contribution in [-0.2, 0) is 0 Å². The van der Waals surface area contributed by atoms with Crippen LogP contribution in [0.1, 0.15) is 6.92 Å². The Labute approximate surface area is 166 Å². The molecule has 1 heterocycles. The Bertz CT molecular complexity index is 562. The second-order valence-electron chi connectivity index (χ2n) is 5.94. The summed E-state index contributed by atoms with van der Waals surface area (Å²) in [5.41, 5.74) is 0.335. The molecule has 25 heavy (non-hydrogen) atoms.